The Bertz CT molecular complexity index is 879. The van der Waals surface area contributed by atoms with Gasteiger partial charge in [-0.2, -0.15) is 11.3 Å². The summed E-state index contributed by atoms with van der Waals surface area (Å²) < 4.78 is 14.4. The van der Waals surface area contributed by atoms with Gasteiger partial charge < -0.3 is 4.89 Å². The Morgan fingerprint density at radius 2 is 1.96 bits per heavy atom. The van der Waals surface area contributed by atoms with Crippen molar-refractivity contribution in [1.82, 2.24) is 0 Å². The van der Waals surface area contributed by atoms with E-state index in [1.807, 2.05) is 17.0 Å². The smallest absolute Gasteiger partial charge is 0.203 e. The molecule has 0 fully saturated rings. The second-order valence-electron chi connectivity index (χ2n) is 7.25. The summed E-state index contributed by atoms with van der Waals surface area (Å²) in [6.45, 7) is 6.29. The lowest BCUT2D eigenvalue weighted by atomic mass is 9.98. The molecule has 0 bridgehead atoms. The molecule has 26 heavy (non-hydrogen) atoms. The number of pyridine rings is 1. The zero-order valence-corrected chi connectivity index (χ0v) is 17.3. The third-order valence-corrected chi connectivity index (χ3v) is 6.79. The largest absolute Gasteiger partial charge is 0.344 e. The van der Waals surface area contributed by atoms with Crippen molar-refractivity contribution in [3.8, 4) is 11.1 Å². The van der Waals surface area contributed by atoms with Crippen molar-refractivity contribution in [3.63, 3.8) is 0 Å². The topological polar surface area (TPSA) is 41.2 Å². The third kappa shape index (κ3) is 4.60. The van der Waals surface area contributed by atoms with Gasteiger partial charge in [-0.05, 0) is 41.0 Å². The molecule has 2 aromatic rings. The molecule has 0 spiro atoms. The summed E-state index contributed by atoms with van der Waals surface area (Å²) in [5.41, 5.74) is 4.98. The van der Waals surface area contributed by atoms with E-state index in [2.05, 4.69) is 55.2 Å². The van der Waals surface area contributed by atoms with Crippen LogP contribution >= 0.6 is 18.7 Å². The van der Waals surface area contributed by atoms with Crippen LogP contribution in [0.5, 0.6) is 0 Å². The molecule has 1 aliphatic rings. The average molecular weight is 390 g/mol. The van der Waals surface area contributed by atoms with Crippen LogP contribution in [0.2, 0.25) is 0 Å². The van der Waals surface area contributed by atoms with Gasteiger partial charge in [-0.25, -0.2) is 4.57 Å². The molecule has 1 aliphatic heterocycles. The molecular weight excluding hydrogens is 363 g/mol. The number of rotatable bonds is 6. The van der Waals surface area contributed by atoms with Crippen LogP contribution in [0.1, 0.15) is 12.5 Å². The first-order valence-electron chi connectivity index (χ1n) is 8.89. The van der Waals surface area contributed by atoms with Gasteiger partial charge in [0.2, 0.25) is 7.37 Å². The lowest BCUT2D eigenvalue weighted by Crippen LogP contribution is -2.39. The minimum absolute atomic E-state index is 0.298. The monoisotopic (exact) mass is 390 g/mol. The number of aromatic nitrogens is 1. The molecule has 0 saturated carbocycles. The highest BCUT2D eigenvalue weighted by Gasteiger charge is 2.20. The van der Waals surface area contributed by atoms with E-state index in [0.717, 1.165) is 17.6 Å². The molecule has 2 unspecified atom stereocenters. The highest BCUT2D eigenvalue weighted by molar-refractivity contribution is 7.57. The van der Waals surface area contributed by atoms with Crippen LogP contribution in [-0.2, 0) is 11.1 Å². The summed E-state index contributed by atoms with van der Waals surface area (Å²) in [5, 5.41) is 4.41. The first kappa shape index (κ1) is 19.2. The minimum Gasteiger partial charge on any atom is -0.344 e. The molecule has 4 nitrogen and oxygen atoms in total. The van der Waals surface area contributed by atoms with E-state index in [1.54, 1.807) is 11.3 Å². The van der Waals surface area contributed by atoms with Crippen molar-refractivity contribution in [2.24, 2.45) is 0 Å². The number of hydrogen-bond acceptors (Lipinski definition) is 2. The van der Waals surface area contributed by atoms with Gasteiger partial charge in [-0.1, -0.05) is 0 Å². The van der Waals surface area contributed by atoms with E-state index in [0.29, 0.717) is 12.7 Å². The second-order valence-corrected chi connectivity index (χ2v) is 10.5. The van der Waals surface area contributed by atoms with E-state index >= 15 is 0 Å². The molecule has 3 rings (SSSR count). The van der Waals surface area contributed by atoms with Crippen LogP contribution in [0, 0.1) is 0 Å². The van der Waals surface area contributed by atoms with Crippen molar-refractivity contribution in [2.75, 3.05) is 33.0 Å². The van der Waals surface area contributed by atoms with E-state index in [9.17, 15) is 9.46 Å². The Kier molecular flexibility index (Phi) is 5.64. The Labute approximate surface area is 159 Å². The maximum Gasteiger partial charge on any atom is 0.203 e. The molecule has 2 aromatic heterocycles. The Hall–Kier alpha value is -1.52. The molecule has 1 N–H and O–H groups in total. The number of quaternary nitrogens is 1. The fourth-order valence-corrected chi connectivity index (χ4v) is 4.43. The number of thiophene rings is 1. The number of nitrogens with zero attached hydrogens (tertiary/aromatic N) is 2. The summed E-state index contributed by atoms with van der Waals surface area (Å²) in [6, 6.07) is 4.17. The van der Waals surface area contributed by atoms with Gasteiger partial charge in [0.1, 0.15) is 6.54 Å². The molecular formula is C20H27N2O2PS+2. The van der Waals surface area contributed by atoms with Crippen molar-refractivity contribution >= 4 is 24.3 Å². The lowest BCUT2D eigenvalue weighted by Gasteiger charge is -2.30. The summed E-state index contributed by atoms with van der Waals surface area (Å²) in [7, 11) is -0.721. The van der Waals surface area contributed by atoms with Gasteiger partial charge in [0.05, 0.1) is 26.0 Å². The van der Waals surface area contributed by atoms with Crippen LogP contribution in [0.4, 0.5) is 0 Å². The summed E-state index contributed by atoms with van der Waals surface area (Å²) in [6.07, 6.45) is 11.1. The fourth-order valence-electron chi connectivity index (χ4n) is 2.96. The lowest BCUT2D eigenvalue weighted by molar-refractivity contribution is -0.852. The van der Waals surface area contributed by atoms with Crippen LogP contribution in [-0.4, -0.2) is 42.3 Å². The fraction of sp³-hybridized carbons (Fsp3) is 0.350. The highest BCUT2D eigenvalue weighted by Crippen LogP contribution is 2.35. The van der Waals surface area contributed by atoms with Gasteiger partial charge in [-0.3, -0.25) is 9.05 Å². The van der Waals surface area contributed by atoms with Crippen molar-refractivity contribution in [2.45, 2.75) is 13.5 Å². The maximum atomic E-state index is 11.5. The molecule has 0 aromatic carbocycles. The first-order chi connectivity index (χ1) is 12.3. The van der Waals surface area contributed by atoms with E-state index in [1.165, 1.54) is 28.9 Å². The third-order valence-electron chi connectivity index (χ3n) is 5.01. The predicted molar refractivity (Wildman–Crippen MR) is 109 cm³/mol. The Morgan fingerprint density at radius 1 is 1.27 bits per heavy atom. The van der Waals surface area contributed by atoms with E-state index in [-0.39, 0.29) is 0 Å². The Morgan fingerprint density at radius 3 is 2.54 bits per heavy atom. The van der Waals surface area contributed by atoms with Crippen molar-refractivity contribution < 1.29 is 18.5 Å². The molecule has 138 valence electrons. The Balaban J connectivity index is 1.79. The van der Waals surface area contributed by atoms with E-state index in [4.69, 9.17) is 0 Å². The van der Waals surface area contributed by atoms with E-state index < -0.39 is 7.37 Å². The van der Waals surface area contributed by atoms with Gasteiger partial charge in [-0.15, -0.1) is 0 Å². The van der Waals surface area contributed by atoms with Crippen molar-refractivity contribution in [3.05, 3.63) is 59.2 Å². The van der Waals surface area contributed by atoms with Gasteiger partial charge in [0.25, 0.3) is 0 Å². The number of aryl methyl sites for hydroxylation is 1. The number of allylic oxidation sites excluding steroid dienone is 2. The van der Waals surface area contributed by atoms with Crippen LogP contribution < -0.4 is 4.57 Å². The standard InChI is InChI=1S/C20H26N2O2PS/c1-4-22(2)12-7-18(8-13-22)20-16-26-15-19(20)17-5-9-21(10-6-17)11-14-25(3,23)24/h5-10,12,15-16H,4,11,13-14H2,1-3H3/q+1/p+1. The zero-order chi connectivity index (χ0) is 18.8. The minimum atomic E-state index is -2.97. The predicted octanol–water partition coefficient (Wildman–Crippen LogP) is 3.98. The summed E-state index contributed by atoms with van der Waals surface area (Å²) >= 11 is 1.72. The molecule has 3 heterocycles. The molecule has 6 heteroatoms. The zero-order valence-electron chi connectivity index (χ0n) is 15.6. The normalized spacial score (nSPS) is 22.1. The van der Waals surface area contributed by atoms with Crippen LogP contribution in [0.25, 0.3) is 16.7 Å². The molecule has 0 saturated heterocycles. The SMILES string of the molecule is CC[N+]1(C)C=CC(c2cscc2-c2cc[n+](CCP(C)(=O)O)cc2)=CC1. The quantitative estimate of drug-likeness (QED) is 0.461. The maximum absolute atomic E-state index is 11.5. The first-order valence-corrected chi connectivity index (χ1v) is 12.1. The van der Waals surface area contributed by atoms with Crippen LogP contribution in [0.15, 0.2) is 53.6 Å². The average Bonchev–Trinajstić information content (AvgIpc) is 3.10. The second kappa shape index (κ2) is 7.61. The summed E-state index contributed by atoms with van der Waals surface area (Å²) in [4.78, 5) is 9.45. The number of likely N-dealkylation sites (N-methyl/N-ethyl adjacent to an activating group) is 1. The summed E-state index contributed by atoms with van der Waals surface area (Å²) in [5.74, 6) is 0. The highest BCUT2D eigenvalue weighted by atomic mass is 32.1. The molecule has 2 atom stereocenters. The van der Waals surface area contributed by atoms with Crippen LogP contribution in [0.3, 0.4) is 0 Å². The van der Waals surface area contributed by atoms with Gasteiger partial charge in [0, 0.05) is 29.9 Å². The molecule has 0 aliphatic carbocycles. The van der Waals surface area contributed by atoms with Gasteiger partial charge >= 0.3 is 0 Å². The number of hydrogen-bond donors (Lipinski definition) is 1. The molecule has 0 radical (unpaired) electrons. The van der Waals surface area contributed by atoms with Crippen molar-refractivity contribution in [1.29, 1.82) is 0 Å². The van der Waals surface area contributed by atoms with Gasteiger partial charge in [0.15, 0.2) is 18.9 Å². The molecule has 0 amide bonds.